The van der Waals surface area contributed by atoms with E-state index in [1.54, 1.807) is 0 Å². The van der Waals surface area contributed by atoms with Crippen LogP contribution in [0.2, 0.25) is 0 Å². The van der Waals surface area contributed by atoms with Crippen LogP contribution in [-0.2, 0) is 14.3 Å². The average molecular weight is 171 g/mol. The zero-order chi connectivity index (χ0) is 9.30. The summed E-state index contributed by atoms with van der Waals surface area (Å²) >= 11 is 0. The lowest BCUT2D eigenvalue weighted by Crippen LogP contribution is -2.28. The molecule has 2 atom stereocenters. The minimum absolute atomic E-state index is 0.130. The molecule has 0 unspecified atom stereocenters. The van der Waals surface area contributed by atoms with E-state index in [4.69, 9.17) is 4.74 Å². The maximum absolute atomic E-state index is 11.3. The van der Waals surface area contributed by atoms with E-state index in [0.717, 1.165) is 4.90 Å². The monoisotopic (exact) mass is 171 g/mol. The van der Waals surface area contributed by atoms with Gasteiger partial charge in [0.2, 0.25) is 5.91 Å². The van der Waals surface area contributed by atoms with Gasteiger partial charge in [-0.1, -0.05) is 6.92 Å². The van der Waals surface area contributed by atoms with Gasteiger partial charge in [0.05, 0.1) is 5.92 Å². The SMILES string of the molecule is CC[C@H]1C(=O)N(C)C(=O)[C@@H]1OC. The maximum atomic E-state index is 11.3. The third kappa shape index (κ3) is 1.12. The Morgan fingerprint density at radius 1 is 1.42 bits per heavy atom. The van der Waals surface area contributed by atoms with Crippen LogP contribution < -0.4 is 0 Å². The number of likely N-dealkylation sites (tertiary alicyclic amines) is 1. The second kappa shape index (κ2) is 3.23. The zero-order valence-corrected chi connectivity index (χ0v) is 7.53. The van der Waals surface area contributed by atoms with Gasteiger partial charge in [-0.05, 0) is 6.42 Å². The molecule has 12 heavy (non-hydrogen) atoms. The first-order valence-corrected chi connectivity index (χ1v) is 3.97. The first kappa shape index (κ1) is 9.19. The Balaban J connectivity index is 2.87. The number of carbonyl (C=O) groups excluding carboxylic acids is 2. The highest BCUT2D eigenvalue weighted by molar-refractivity contribution is 6.06. The molecular formula is C8H13NO3. The Bertz CT molecular complexity index is 192. The Morgan fingerprint density at radius 3 is 2.33 bits per heavy atom. The van der Waals surface area contributed by atoms with E-state index in [1.165, 1.54) is 14.2 Å². The first-order chi connectivity index (χ1) is 5.63. The number of imide groups is 1. The number of ether oxygens (including phenoxy) is 1. The minimum atomic E-state index is -0.563. The Morgan fingerprint density at radius 2 is 2.00 bits per heavy atom. The number of methoxy groups -OCH3 is 1. The highest BCUT2D eigenvalue weighted by Gasteiger charge is 2.44. The molecule has 0 N–H and O–H groups in total. The molecule has 0 spiro atoms. The van der Waals surface area contributed by atoms with Gasteiger partial charge in [-0.15, -0.1) is 0 Å². The molecule has 2 amide bonds. The molecule has 0 radical (unpaired) electrons. The maximum Gasteiger partial charge on any atom is 0.258 e. The van der Waals surface area contributed by atoms with Crippen LogP contribution in [0.5, 0.6) is 0 Å². The van der Waals surface area contributed by atoms with Crippen LogP contribution >= 0.6 is 0 Å². The molecule has 0 aromatic heterocycles. The Kier molecular flexibility index (Phi) is 2.47. The van der Waals surface area contributed by atoms with Crippen molar-refractivity contribution in [2.75, 3.05) is 14.2 Å². The molecule has 0 saturated carbocycles. The van der Waals surface area contributed by atoms with Gasteiger partial charge in [0.15, 0.2) is 0 Å². The fourth-order valence-electron chi connectivity index (χ4n) is 1.50. The van der Waals surface area contributed by atoms with Crippen LogP contribution in [0.1, 0.15) is 13.3 Å². The smallest absolute Gasteiger partial charge is 0.258 e. The second-order valence-corrected chi connectivity index (χ2v) is 2.91. The summed E-state index contributed by atoms with van der Waals surface area (Å²) < 4.78 is 4.96. The van der Waals surface area contributed by atoms with Crippen molar-refractivity contribution in [1.82, 2.24) is 4.90 Å². The van der Waals surface area contributed by atoms with Crippen molar-refractivity contribution < 1.29 is 14.3 Å². The number of amides is 2. The first-order valence-electron chi connectivity index (χ1n) is 3.97. The highest BCUT2D eigenvalue weighted by Crippen LogP contribution is 2.23. The van der Waals surface area contributed by atoms with Crippen LogP contribution in [0.4, 0.5) is 0 Å². The van der Waals surface area contributed by atoms with Crippen molar-refractivity contribution in [1.29, 1.82) is 0 Å². The quantitative estimate of drug-likeness (QED) is 0.550. The lowest BCUT2D eigenvalue weighted by molar-refractivity contribution is -0.139. The van der Waals surface area contributed by atoms with Gasteiger partial charge < -0.3 is 4.74 Å². The van der Waals surface area contributed by atoms with E-state index < -0.39 is 6.10 Å². The molecule has 4 nitrogen and oxygen atoms in total. The van der Waals surface area contributed by atoms with E-state index >= 15 is 0 Å². The van der Waals surface area contributed by atoms with Crippen molar-refractivity contribution in [3.63, 3.8) is 0 Å². The number of likely N-dealkylation sites (N-methyl/N-ethyl adjacent to an activating group) is 1. The number of hydrogen-bond donors (Lipinski definition) is 0. The molecule has 0 aliphatic carbocycles. The van der Waals surface area contributed by atoms with Gasteiger partial charge in [-0.2, -0.15) is 0 Å². The normalized spacial score (nSPS) is 30.1. The molecule has 1 saturated heterocycles. The van der Waals surface area contributed by atoms with Crippen LogP contribution in [0.3, 0.4) is 0 Å². The molecule has 68 valence electrons. The van der Waals surface area contributed by atoms with Crippen LogP contribution in [0, 0.1) is 5.92 Å². The van der Waals surface area contributed by atoms with E-state index in [-0.39, 0.29) is 17.7 Å². The summed E-state index contributed by atoms with van der Waals surface area (Å²) in [6.07, 6.45) is 0.0837. The Labute approximate surface area is 71.5 Å². The third-order valence-corrected chi connectivity index (χ3v) is 2.28. The summed E-state index contributed by atoms with van der Waals surface area (Å²) in [4.78, 5) is 23.8. The van der Waals surface area contributed by atoms with Crippen molar-refractivity contribution in [3.8, 4) is 0 Å². The van der Waals surface area contributed by atoms with Gasteiger partial charge in [-0.3, -0.25) is 14.5 Å². The summed E-state index contributed by atoms with van der Waals surface area (Å²) in [6, 6.07) is 0. The minimum Gasteiger partial charge on any atom is -0.371 e. The number of carbonyl (C=O) groups is 2. The largest absolute Gasteiger partial charge is 0.371 e. The Hall–Kier alpha value is -0.900. The molecule has 4 heteroatoms. The molecule has 0 bridgehead atoms. The van der Waals surface area contributed by atoms with Gasteiger partial charge >= 0.3 is 0 Å². The molecule has 1 rings (SSSR count). The standard InChI is InChI=1S/C8H13NO3/c1-4-5-6(12-3)8(11)9(2)7(5)10/h5-6H,4H2,1-3H3/t5-,6-/m1/s1. The summed E-state index contributed by atoms with van der Waals surface area (Å²) in [5.41, 5.74) is 0. The lowest BCUT2D eigenvalue weighted by Gasteiger charge is -2.09. The van der Waals surface area contributed by atoms with E-state index in [1.807, 2.05) is 6.92 Å². The molecule has 0 aromatic carbocycles. The van der Waals surface area contributed by atoms with E-state index in [2.05, 4.69) is 0 Å². The second-order valence-electron chi connectivity index (χ2n) is 2.91. The fraction of sp³-hybridized carbons (Fsp3) is 0.750. The summed E-state index contributed by atoms with van der Waals surface area (Å²) in [7, 11) is 2.95. The average Bonchev–Trinajstić information content (AvgIpc) is 2.29. The molecular weight excluding hydrogens is 158 g/mol. The van der Waals surface area contributed by atoms with Crippen molar-refractivity contribution >= 4 is 11.8 Å². The van der Waals surface area contributed by atoms with Gasteiger partial charge in [0.25, 0.3) is 5.91 Å². The van der Waals surface area contributed by atoms with Crippen LogP contribution in [0.15, 0.2) is 0 Å². The lowest BCUT2D eigenvalue weighted by atomic mass is 10.0. The molecule has 1 aliphatic heterocycles. The van der Waals surface area contributed by atoms with Crippen LogP contribution in [-0.4, -0.2) is 37.0 Å². The van der Waals surface area contributed by atoms with E-state index in [0.29, 0.717) is 6.42 Å². The number of rotatable bonds is 2. The summed E-state index contributed by atoms with van der Waals surface area (Å²) in [6.45, 7) is 1.88. The van der Waals surface area contributed by atoms with Crippen molar-refractivity contribution in [2.45, 2.75) is 19.4 Å². The van der Waals surface area contributed by atoms with Crippen LogP contribution in [0.25, 0.3) is 0 Å². The molecule has 1 heterocycles. The van der Waals surface area contributed by atoms with Gasteiger partial charge in [-0.25, -0.2) is 0 Å². The van der Waals surface area contributed by atoms with Gasteiger partial charge in [0.1, 0.15) is 6.10 Å². The third-order valence-electron chi connectivity index (χ3n) is 2.28. The van der Waals surface area contributed by atoms with Gasteiger partial charge in [0, 0.05) is 14.2 Å². The van der Waals surface area contributed by atoms with E-state index in [9.17, 15) is 9.59 Å². The molecule has 1 fully saturated rings. The van der Waals surface area contributed by atoms with Crippen molar-refractivity contribution in [2.24, 2.45) is 5.92 Å². The highest BCUT2D eigenvalue weighted by atomic mass is 16.5. The predicted octanol–water partition coefficient (Wildman–Crippen LogP) is 0.0262. The molecule has 1 aliphatic rings. The summed E-state index contributed by atoms with van der Waals surface area (Å²) in [5, 5.41) is 0. The summed E-state index contributed by atoms with van der Waals surface area (Å²) in [5.74, 6) is -0.642. The predicted molar refractivity (Wildman–Crippen MR) is 42.4 cm³/mol. The molecule has 0 aromatic rings. The number of nitrogens with zero attached hydrogens (tertiary/aromatic N) is 1. The van der Waals surface area contributed by atoms with Crippen molar-refractivity contribution in [3.05, 3.63) is 0 Å². The fourth-order valence-corrected chi connectivity index (χ4v) is 1.50. The zero-order valence-electron chi connectivity index (χ0n) is 7.53. The topological polar surface area (TPSA) is 46.6 Å². The number of hydrogen-bond acceptors (Lipinski definition) is 3.